The van der Waals surface area contributed by atoms with Crippen LogP contribution in [0.2, 0.25) is 0 Å². The number of hydrogen-bond donors (Lipinski definition) is 2. The summed E-state index contributed by atoms with van der Waals surface area (Å²) in [5.74, 6) is -0.936. The molecule has 2 aliphatic rings. The summed E-state index contributed by atoms with van der Waals surface area (Å²) in [6.07, 6.45) is 0.234. The Balaban J connectivity index is 1.33. The number of aromatic carboxylic acids is 1. The van der Waals surface area contributed by atoms with Gasteiger partial charge in [0.25, 0.3) is 0 Å². The number of fused-ring (bicyclic) bond motifs is 4. The first kappa shape index (κ1) is 20.3. The SMILES string of the molecule is CC1(C)Cc2cc(C(=O)O)ccc2C1NC(=O)OCC1c2ccccc2-c2ccccc21. The van der Waals surface area contributed by atoms with Gasteiger partial charge in [0.1, 0.15) is 6.61 Å². The first-order chi connectivity index (χ1) is 15.3. The van der Waals surface area contributed by atoms with Crippen LogP contribution in [0.4, 0.5) is 4.79 Å². The van der Waals surface area contributed by atoms with E-state index in [2.05, 4.69) is 43.4 Å². The molecule has 0 radical (unpaired) electrons. The van der Waals surface area contributed by atoms with Gasteiger partial charge in [0.2, 0.25) is 0 Å². The Hall–Kier alpha value is -3.60. The van der Waals surface area contributed by atoms with E-state index in [4.69, 9.17) is 4.74 Å². The summed E-state index contributed by atoms with van der Waals surface area (Å²) in [7, 11) is 0. The van der Waals surface area contributed by atoms with Crippen molar-refractivity contribution in [1.29, 1.82) is 0 Å². The normalized spacial score (nSPS) is 17.9. The fourth-order valence-corrected chi connectivity index (χ4v) is 5.22. The number of carboxylic acid groups (broad SMARTS) is 1. The largest absolute Gasteiger partial charge is 0.478 e. The van der Waals surface area contributed by atoms with Crippen LogP contribution in [0.25, 0.3) is 11.1 Å². The number of carbonyl (C=O) groups excluding carboxylic acids is 1. The summed E-state index contributed by atoms with van der Waals surface area (Å²) in [6.45, 7) is 4.40. The average Bonchev–Trinajstić information content (AvgIpc) is 3.22. The summed E-state index contributed by atoms with van der Waals surface area (Å²) in [5.41, 5.74) is 6.66. The van der Waals surface area contributed by atoms with Crippen LogP contribution in [-0.4, -0.2) is 23.8 Å². The van der Waals surface area contributed by atoms with Crippen molar-refractivity contribution in [3.63, 3.8) is 0 Å². The number of rotatable bonds is 4. The maximum atomic E-state index is 12.8. The van der Waals surface area contributed by atoms with Crippen molar-refractivity contribution in [2.24, 2.45) is 5.41 Å². The van der Waals surface area contributed by atoms with Crippen LogP contribution in [0.1, 0.15) is 58.4 Å². The third kappa shape index (κ3) is 3.34. The van der Waals surface area contributed by atoms with Crippen molar-refractivity contribution in [2.45, 2.75) is 32.2 Å². The van der Waals surface area contributed by atoms with E-state index in [9.17, 15) is 14.7 Å². The van der Waals surface area contributed by atoms with Crippen molar-refractivity contribution in [1.82, 2.24) is 5.32 Å². The summed E-state index contributed by atoms with van der Waals surface area (Å²) in [6, 6.07) is 21.4. The first-order valence-corrected chi connectivity index (χ1v) is 10.8. The Labute approximate surface area is 187 Å². The lowest BCUT2D eigenvalue weighted by atomic mass is 9.85. The van der Waals surface area contributed by atoms with E-state index in [1.54, 1.807) is 12.1 Å². The van der Waals surface area contributed by atoms with Crippen LogP contribution >= 0.6 is 0 Å². The molecule has 1 atom stereocenters. The van der Waals surface area contributed by atoms with E-state index in [1.165, 1.54) is 22.3 Å². The van der Waals surface area contributed by atoms with Crippen molar-refractivity contribution in [2.75, 3.05) is 6.61 Å². The maximum Gasteiger partial charge on any atom is 0.407 e. The maximum absolute atomic E-state index is 12.8. The molecule has 0 fully saturated rings. The van der Waals surface area contributed by atoms with E-state index in [0.29, 0.717) is 6.42 Å². The third-order valence-corrected chi connectivity index (χ3v) is 6.73. The van der Waals surface area contributed by atoms with Gasteiger partial charge in [0, 0.05) is 5.92 Å². The van der Waals surface area contributed by atoms with Gasteiger partial charge in [-0.05, 0) is 57.3 Å². The quantitative estimate of drug-likeness (QED) is 0.573. The molecule has 162 valence electrons. The van der Waals surface area contributed by atoms with Gasteiger partial charge < -0.3 is 15.2 Å². The summed E-state index contributed by atoms with van der Waals surface area (Å²) >= 11 is 0. The second-order valence-corrected chi connectivity index (χ2v) is 9.29. The Morgan fingerprint density at radius 2 is 1.59 bits per heavy atom. The van der Waals surface area contributed by atoms with Crippen molar-refractivity contribution in [3.05, 3.63) is 94.5 Å². The van der Waals surface area contributed by atoms with Crippen molar-refractivity contribution < 1.29 is 19.4 Å². The zero-order chi connectivity index (χ0) is 22.5. The molecule has 0 bridgehead atoms. The van der Waals surface area contributed by atoms with E-state index < -0.39 is 12.1 Å². The molecule has 0 heterocycles. The molecule has 0 aliphatic heterocycles. The van der Waals surface area contributed by atoms with E-state index in [1.807, 2.05) is 30.3 Å². The molecule has 32 heavy (non-hydrogen) atoms. The summed E-state index contributed by atoms with van der Waals surface area (Å²) in [4.78, 5) is 24.1. The van der Waals surface area contributed by atoms with Gasteiger partial charge >= 0.3 is 12.1 Å². The van der Waals surface area contributed by atoms with E-state index in [-0.39, 0.29) is 29.5 Å². The topological polar surface area (TPSA) is 75.6 Å². The minimum absolute atomic E-state index is 0.00940. The standard InChI is InChI=1S/C27H25NO4/c1-27(2)14-17-13-16(25(29)30)11-12-18(17)24(27)28-26(31)32-15-23-21-9-5-3-7-19(21)20-8-4-6-10-22(20)23/h3-13,23-24H,14-15H2,1-2H3,(H,28,31)(H,29,30). The fourth-order valence-electron chi connectivity index (χ4n) is 5.22. The number of nitrogens with one attached hydrogen (secondary N) is 1. The lowest BCUT2D eigenvalue weighted by molar-refractivity contribution is 0.0696. The van der Waals surface area contributed by atoms with Crippen molar-refractivity contribution in [3.8, 4) is 11.1 Å². The predicted octanol–water partition coefficient (Wildman–Crippen LogP) is 5.55. The Bertz CT molecular complexity index is 1180. The number of hydrogen-bond acceptors (Lipinski definition) is 3. The van der Waals surface area contributed by atoms with Crippen LogP contribution in [0.3, 0.4) is 0 Å². The van der Waals surface area contributed by atoms with Gasteiger partial charge in [-0.25, -0.2) is 9.59 Å². The molecule has 5 rings (SSSR count). The van der Waals surface area contributed by atoms with Crippen LogP contribution in [-0.2, 0) is 11.2 Å². The average molecular weight is 428 g/mol. The Morgan fingerprint density at radius 1 is 0.969 bits per heavy atom. The predicted molar refractivity (Wildman–Crippen MR) is 122 cm³/mol. The number of carbonyl (C=O) groups is 2. The molecule has 0 aromatic heterocycles. The van der Waals surface area contributed by atoms with Crippen LogP contribution < -0.4 is 5.32 Å². The molecule has 2 N–H and O–H groups in total. The highest BCUT2D eigenvalue weighted by Crippen LogP contribution is 2.46. The molecule has 0 spiro atoms. The number of benzene rings is 3. The molecule has 0 saturated carbocycles. The number of ether oxygens (including phenoxy) is 1. The van der Waals surface area contributed by atoms with Gasteiger partial charge in [-0.15, -0.1) is 0 Å². The zero-order valence-corrected chi connectivity index (χ0v) is 18.1. The monoisotopic (exact) mass is 427 g/mol. The van der Waals surface area contributed by atoms with E-state index in [0.717, 1.165) is 11.1 Å². The molecule has 5 heteroatoms. The molecule has 1 unspecified atom stereocenters. The van der Waals surface area contributed by atoms with Gasteiger partial charge in [-0.3, -0.25) is 0 Å². The lowest BCUT2D eigenvalue weighted by Crippen LogP contribution is -2.36. The molecule has 3 aromatic rings. The fraction of sp³-hybridized carbons (Fsp3) is 0.259. The molecular formula is C27H25NO4. The van der Waals surface area contributed by atoms with Crippen LogP contribution in [0.15, 0.2) is 66.7 Å². The van der Waals surface area contributed by atoms with Gasteiger partial charge in [-0.1, -0.05) is 68.4 Å². The second kappa shape index (κ2) is 7.52. The van der Waals surface area contributed by atoms with Gasteiger partial charge in [0.15, 0.2) is 0 Å². The highest BCUT2D eigenvalue weighted by atomic mass is 16.5. The van der Waals surface area contributed by atoms with Crippen LogP contribution in [0, 0.1) is 5.41 Å². The second-order valence-electron chi connectivity index (χ2n) is 9.29. The van der Waals surface area contributed by atoms with Gasteiger partial charge in [-0.2, -0.15) is 0 Å². The number of carboxylic acids is 1. The molecule has 5 nitrogen and oxygen atoms in total. The third-order valence-electron chi connectivity index (χ3n) is 6.73. The zero-order valence-electron chi connectivity index (χ0n) is 18.1. The summed E-state index contributed by atoms with van der Waals surface area (Å²) < 4.78 is 5.73. The van der Waals surface area contributed by atoms with Crippen molar-refractivity contribution >= 4 is 12.1 Å². The highest BCUT2D eigenvalue weighted by Gasteiger charge is 2.40. The molecule has 1 amide bonds. The highest BCUT2D eigenvalue weighted by molar-refractivity contribution is 5.88. The lowest BCUT2D eigenvalue weighted by Gasteiger charge is -2.28. The molecule has 3 aromatic carbocycles. The molecular weight excluding hydrogens is 402 g/mol. The minimum Gasteiger partial charge on any atom is -0.478 e. The number of amides is 1. The summed E-state index contributed by atoms with van der Waals surface area (Å²) in [5, 5.41) is 12.3. The molecule has 0 saturated heterocycles. The number of alkyl carbamates (subject to hydrolysis) is 1. The smallest absolute Gasteiger partial charge is 0.407 e. The Morgan fingerprint density at radius 3 is 2.22 bits per heavy atom. The minimum atomic E-state index is -0.946. The molecule has 2 aliphatic carbocycles. The Kier molecular flexibility index (Phi) is 4.77. The van der Waals surface area contributed by atoms with E-state index >= 15 is 0 Å². The first-order valence-electron chi connectivity index (χ1n) is 10.8. The van der Waals surface area contributed by atoms with Crippen LogP contribution in [0.5, 0.6) is 0 Å². The van der Waals surface area contributed by atoms with Gasteiger partial charge in [0.05, 0.1) is 11.6 Å².